The maximum atomic E-state index is 13.7. The van der Waals surface area contributed by atoms with Gasteiger partial charge in [-0.15, -0.1) is 0 Å². The zero-order valence-corrected chi connectivity index (χ0v) is 24.1. The molecule has 220 valence electrons. The Hall–Kier alpha value is -4.19. The van der Waals surface area contributed by atoms with Gasteiger partial charge in [0.2, 0.25) is 12.2 Å². The number of hydrogen-bond acceptors (Lipinski definition) is 8. The van der Waals surface area contributed by atoms with Gasteiger partial charge in [0.15, 0.2) is 5.82 Å². The molecular weight excluding hydrogens is 537 g/mol. The maximum Gasteiger partial charge on any atom is 0.251 e. The number of aromatic nitrogens is 4. The van der Waals surface area contributed by atoms with Crippen molar-refractivity contribution >= 4 is 11.9 Å². The number of rotatable bonds is 11. The molecule has 0 aliphatic carbocycles. The van der Waals surface area contributed by atoms with Gasteiger partial charge >= 0.3 is 0 Å². The second-order valence-electron chi connectivity index (χ2n) is 11.0. The largest absolute Gasteiger partial charge is 0.354 e. The lowest BCUT2D eigenvalue weighted by molar-refractivity contribution is -0.231. The molecule has 2 aromatic carbocycles. The summed E-state index contributed by atoms with van der Waals surface area (Å²) in [4.78, 5) is 31.9. The first-order chi connectivity index (χ1) is 20.3. The first kappa shape index (κ1) is 29.3. The zero-order valence-electron chi connectivity index (χ0n) is 24.1. The third-order valence-electron chi connectivity index (χ3n) is 6.92. The van der Waals surface area contributed by atoms with E-state index >= 15 is 0 Å². The number of amides is 1. The molecule has 0 spiro atoms. The minimum atomic E-state index is -0.749. The fraction of sp³-hybridized carbons (Fsp3) is 0.355. The van der Waals surface area contributed by atoms with E-state index in [2.05, 4.69) is 25.5 Å². The van der Waals surface area contributed by atoms with Crippen LogP contribution in [-0.2, 0) is 9.47 Å². The SMILES string of the molecule is CN(C)CCCNc1nccc(-c2[nH]c(C3OCC(C)(CNC(=O)c4ccccc4)CO3)nc2-c2ccc(F)cc2)n1. The van der Waals surface area contributed by atoms with Crippen LogP contribution < -0.4 is 10.6 Å². The Morgan fingerprint density at radius 2 is 1.81 bits per heavy atom. The lowest BCUT2D eigenvalue weighted by atomic mass is 9.92. The fourth-order valence-electron chi connectivity index (χ4n) is 4.57. The number of anilines is 1. The molecule has 0 atom stereocenters. The van der Waals surface area contributed by atoms with Crippen molar-refractivity contribution in [3.05, 3.63) is 84.1 Å². The van der Waals surface area contributed by atoms with Crippen LogP contribution in [0.4, 0.5) is 10.3 Å². The quantitative estimate of drug-likeness (QED) is 0.224. The van der Waals surface area contributed by atoms with Crippen LogP contribution in [0.2, 0.25) is 0 Å². The highest BCUT2D eigenvalue weighted by Gasteiger charge is 2.35. The summed E-state index contributed by atoms with van der Waals surface area (Å²) in [6.07, 6.45) is 1.89. The van der Waals surface area contributed by atoms with Crippen LogP contribution in [-0.4, -0.2) is 77.7 Å². The first-order valence-corrected chi connectivity index (χ1v) is 13.9. The fourth-order valence-corrected chi connectivity index (χ4v) is 4.57. The second kappa shape index (κ2) is 13.2. The van der Waals surface area contributed by atoms with Gasteiger partial charge in [0.25, 0.3) is 5.91 Å². The van der Waals surface area contributed by atoms with Gasteiger partial charge in [-0.2, -0.15) is 0 Å². The number of hydrogen-bond donors (Lipinski definition) is 3. The molecule has 42 heavy (non-hydrogen) atoms. The van der Waals surface area contributed by atoms with E-state index in [4.69, 9.17) is 19.4 Å². The highest BCUT2D eigenvalue weighted by atomic mass is 19.1. The summed E-state index contributed by atoms with van der Waals surface area (Å²) in [5.74, 6) is 0.500. The van der Waals surface area contributed by atoms with Crippen molar-refractivity contribution in [2.24, 2.45) is 5.41 Å². The number of nitrogens with zero attached hydrogens (tertiary/aromatic N) is 4. The third-order valence-corrected chi connectivity index (χ3v) is 6.92. The summed E-state index contributed by atoms with van der Waals surface area (Å²) >= 11 is 0. The molecule has 1 aliphatic heterocycles. The molecule has 10 nitrogen and oxygen atoms in total. The van der Waals surface area contributed by atoms with E-state index in [9.17, 15) is 9.18 Å². The molecule has 1 saturated heterocycles. The molecule has 3 N–H and O–H groups in total. The highest BCUT2D eigenvalue weighted by molar-refractivity contribution is 5.94. The molecule has 0 unspecified atom stereocenters. The van der Waals surface area contributed by atoms with Gasteiger partial charge in [-0.25, -0.2) is 19.3 Å². The van der Waals surface area contributed by atoms with Gasteiger partial charge in [0, 0.05) is 35.8 Å². The number of nitrogens with one attached hydrogen (secondary N) is 3. The van der Waals surface area contributed by atoms with E-state index in [-0.39, 0.29) is 11.7 Å². The van der Waals surface area contributed by atoms with Gasteiger partial charge in [-0.1, -0.05) is 25.1 Å². The number of carbonyl (C=O) groups excluding carboxylic acids is 1. The van der Waals surface area contributed by atoms with Crippen LogP contribution in [0.1, 0.15) is 35.8 Å². The number of halogens is 1. The molecule has 0 bridgehead atoms. The number of H-pyrrole nitrogens is 1. The van der Waals surface area contributed by atoms with Crippen LogP contribution in [0.15, 0.2) is 66.9 Å². The van der Waals surface area contributed by atoms with Gasteiger partial charge in [-0.05, 0) is 69.5 Å². The molecule has 4 aromatic rings. The van der Waals surface area contributed by atoms with Crippen molar-refractivity contribution in [3.63, 3.8) is 0 Å². The Labute approximate surface area is 244 Å². The van der Waals surface area contributed by atoms with Crippen molar-refractivity contribution in [1.82, 2.24) is 30.2 Å². The Morgan fingerprint density at radius 1 is 1.07 bits per heavy atom. The number of carbonyl (C=O) groups is 1. The molecule has 5 rings (SSSR count). The molecule has 1 amide bonds. The lowest BCUT2D eigenvalue weighted by Gasteiger charge is -2.36. The van der Waals surface area contributed by atoms with Crippen LogP contribution >= 0.6 is 0 Å². The monoisotopic (exact) mass is 573 g/mol. The molecular formula is C31H36FN7O3. The molecule has 2 aromatic heterocycles. The minimum Gasteiger partial charge on any atom is -0.354 e. The predicted molar refractivity (Wildman–Crippen MR) is 158 cm³/mol. The molecule has 1 aliphatic rings. The van der Waals surface area contributed by atoms with Gasteiger partial charge < -0.3 is 30.0 Å². The smallest absolute Gasteiger partial charge is 0.251 e. The summed E-state index contributed by atoms with van der Waals surface area (Å²) in [5.41, 5.74) is 2.77. The minimum absolute atomic E-state index is 0.144. The summed E-state index contributed by atoms with van der Waals surface area (Å²) in [6, 6.07) is 17.0. The van der Waals surface area contributed by atoms with Gasteiger partial charge in [0.1, 0.15) is 5.82 Å². The summed E-state index contributed by atoms with van der Waals surface area (Å²) in [7, 11) is 4.07. The van der Waals surface area contributed by atoms with Crippen molar-refractivity contribution < 1.29 is 18.7 Å². The summed E-state index contributed by atoms with van der Waals surface area (Å²) in [5, 5.41) is 6.25. The zero-order chi connectivity index (χ0) is 29.5. The van der Waals surface area contributed by atoms with Crippen molar-refractivity contribution in [2.75, 3.05) is 52.3 Å². The van der Waals surface area contributed by atoms with E-state index < -0.39 is 11.7 Å². The van der Waals surface area contributed by atoms with Crippen LogP contribution in [0.25, 0.3) is 22.6 Å². The average Bonchev–Trinajstić information content (AvgIpc) is 3.45. The third kappa shape index (κ3) is 7.35. The van der Waals surface area contributed by atoms with Crippen LogP contribution in [0.5, 0.6) is 0 Å². The van der Waals surface area contributed by atoms with Crippen molar-refractivity contribution in [1.29, 1.82) is 0 Å². The van der Waals surface area contributed by atoms with E-state index in [1.54, 1.807) is 36.5 Å². The molecule has 3 heterocycles. The number of ether oxygens (including phenoxy) is 2. The van der Waals surface area contributed by atoms with Gasteiger partial charge in [-0.3, -0.25) is 4.79 Å². The normalized spacial score (nSPS) is 18.6. The molecule has 0 saturated carbocycles. The Morgan fingerprint density at radius 3 is 2.52 bits per heavy atom. The number of benzene rings is 2. The number of aromatic amines is 1. The van der Waals surface area contributed by atoms with Gasteiger partial charge in [0.05, 0.1) is 30.3 Å². The van der Waals surface area contributed by atoms with Crippen LogP contribution in [0.3, 0.4) is 0 Å². The Kier molecular flexibility index (Phi) is 9.21. The van der Waals surface area contributed by atoms with E-state index in [1.807, 2.05) is 39.2 Å². The topological polar surface area (TPSA) is 117 Å². The van der Waals surface area contributed by atoms with Crippen molar-refractivity contribution in [3.8, 4) is 22.6 Å². The van der Waals surface area contributed by atoms with Crippen molar-refractivity contribution in [2.45, 2.75) is 19.6 Å². The standard InChI is InChI=1S/C31H36FN7O3/c1-31(18-35-28(40)22-8-5-4-6-9-22)19-41-29(42-20-31)27-37-25(21-10-12-23(32)13-11-21)26(38-27)24-14-16-34-30(36-24)33-15-7-17-39(2)3/h4-6,8-14,16,29H,7,15,17-20H2,1-3H3,(H,35,40)(H,37,38)(H,33,34,36). The average molecular weight is 574 g/mol. The molecule has 0 radical (unpaired) electrons. The predicted octanol–water partition coefficient (Wildman–Crippen LogP) is 4.52. The van der Waals surface area contributed by atoms with E-state index in [1.165, 1.54) is 12.1 Å². The van der Waals surface area contributed by atoms with Crippen LogP contribution in [0, 0.1) is 11.2 Å². The summed E-state index contributed by atoms with van der Waals surface area (Å²) in [6.45, 7) is 4.77. The Balaban J connectivity index is 1.31. The molecule has 11 heteroatoms. The molecule has 1 fully saturated rings. The second-order valence-corrected chi connectivity index (χ2v) is 11.0. The van der Waals surface area contributed by atoms with E-state index in [0.29, 0.717) is 54.2 Å². The summed E-state index contributed by atoms with van der Waals surface area (Å²) < 4.78 is 25.9. The Bertz CT molecular complexity index is 1470. The number of imidazole rings is 1. The maximum absolute atomic E-state index is 13.7. The van der Waals surface area contributed by atoms with E-state index in [0.717, 1.165) is 25.1 Å². The lowest BCUT2D eigenvalue weighted by Crippen LogP contribution is -2.45. The first-order valence-electron chi connectivity index (χ1n) is 13.9. The highest BCUT2D eigenvalue weighted by Crippen LogP contribution is 2.35.